The highest BCUT2D eigenvalue weighted by Gasteiger charge is 2.09. The van der Waals surface area contributed by atoms with E-state index in [9.17, 15) is 0 Å². The summed E-state index contributed by atoms with van der Waals surface area (Å²) in [5.41, 5.74) is 3.39. The molecular formula is C14H18N2. The van der Waals surface area contributed by atoms with Crippen LogP contribution in [-0.4, -0.2) is 12.8 Å². The van der Waals surface area contributed by atoms with Gasteiger partial charge in [0.1, 0.15) is 0 Å². The van der Waals surface area contributed by atoms with Gasteiger partial charge in [-0.05, 0) is 13.8 Å². The summed E-state index contributed by atoms with van der Waals surface area (Å²) in [6.45, 7) is 3.92. The molecule has 84 valence electrons. The molecule has 0 atom stereocenters. The first-order chi connectivity index (χ1) is 7.74. The van der Waals surface area contributed by atoms with Crippen molar-refractivity contribution in [3.63, 3.8) is 0 Å². The molecule has 0 bridgehead atoms. The second-order valence-electron chi connectivity index (χ2n) is 3.40. The predicted molar refractivity (Wildman–Crippen MR) is 69.8 cm³/mol. The van der Waals surface area contributed by atoms with E-state index < -0.39 is 0 Å². The predicted octanol–water partition coefficient (Wildman–Crippen LogP) is 3.12. The van der Waals surface area contributed by atoms with Crippen molar-refractivity contribution in [1.29, 1.82) is 5.41 Å². The number of nitrogens with one attached hydrogen (secondary N) is 2. The fourth-order valence-electron chi connectivity index (χ4n) is 1.63. The van der Waals surface area contributed by atoms with E-state index in [2.05, 4.69) is 5.32 Å². The molecule has 1 aromatic carbocycles. The van der Waals surface area contributed by atoms with E-state index in [0.29, 0.717) is 5.71 Å². The maximum Gasteiger partial charge on any atom is 0.0701 e. The molecule has 16 heavy (non-hydrogen) atoms. The van der Waals surface area contributed by atoms with Crippen LogP contribution in [0.3, 0.4) is 0 Å². The maximum absolute atomic E-state index is 8.17. The van der Waals surface area contributed by atoms with Gasteiger partial charge >= 0.3 is 0 Å². The maximum atomic E-state index is 8.17. The largest absolute Gasteiger partial charge is 0.388 e. The Kier molecular flexibility index (Phi) is 4.52. The Hall–Kier alpha value is -1.83. The smallest absolute Gasteiger partial charge is 0.0701 e. The highest BCUT2D eigenvalue weighted by Crippen LogP contribution is 2.14. The van der Waals surface area contributed by atoms with Gasteiger partial charge in [-0.2, -0.15) is 0 Å². The molecule has 2 heteroatoms. The van der Waals surface area contributed by atoms with Crippen LogP contribution in [0, 0.1) is 5.41 Å². The van der Waals surface area contributed by atoms with E-state index in [0.717, 1.165) is 16.8 Å². The number of likely N-dealkylation sites (N-methyl/N-ethyl adjacent to an activating group) is 1. The van der Waals surface area contributed by atoms with Gasteiger partial charge in [0.15, 0.2) is 0 Å². The summed E-state index contributed by atoms with van der Waals surface area (Å²) in [6.07, 6.45) is 3.94. The van der Waals surface area contributed by atoms with Gasteiger partial charge in [-0.15, -0.1) is 0 Å². The summed E-state index contributed by atoms with van der Waals surface area (Å²) in [5, 5.41) is 11.3. The summed E-state index contributed by atoms with van der Waals surface area (Å²) in [7, 11) is 1.87. The molecule has 1 rings (SSSR count). The van der Waals surface area contributed by atoms with Crippen molar-refractivity contribution in [1.82, 2.24) is 5.32 Å². The molecular weight excluding hydrogens is 196 g/mol. The second kappa shape index (κ2) is 5.91. The summed E-state index contributed by atoms with van der Waals surface area (Å²) in [4.78, 5) is 0. The first-order valence-corrected chi connectivity index (χ1v) is 5.39. The van der Waals surface area contributed by atoms with E-state index in [-0.39, 0.29) is 0 Å². The Labute approximate surface area is 97.2 Å². The molecule has 0 fully saturated rings. The Balaban J connectivity index is 3.05. The van der Waals surface area contributed by atoms with Crippen LogP contribution in [0.15, 0.2) is 53.8 Å². The van der Waals surface area contributed by atoms with Gasteiger partial charge in [0.05, 0.1) is 5.71 Å². The first kappa shape index (κ1) is 12.2. The lowest BCUT2D eigenvalue weighted by Crippen LogP contribution is -2.15. The van der Waals surface area contributed by atoms with Crippen LogP contribution in [0.2, 0.25) is 0 Å². The van der Waals surface area contributed by atoms with Gasteiger partial charge < -0.3 is 5.32 Å². The molecule has 0 aromatic heterocycles. The van der Waals surface area contributed by atoms with Crippen molar-refractivity contribution in [2.45, 2.75) is 13.8 Å². The van der Waals surface area contributed by atoms with Gasteiger partial charge in [-0.25, -0.2) is 0 Å². The normalized spacial score (nSPS) is 12.4. The molecule has 0 unspecified atom stereocenters. The lowest BCUT2D eigenvalue weighted by molar-refractivity contribution is 1.01. The monoisotopic (exact) mass is 214 g/mol. The molecule has 2 nitrogen and oxygen atoms in total. The topological polar surface area (TPSA) is 35.9 Å². The van der Waals surface area contributed by atoms with Crippen molar-refractivity contribution >= 4 is 5.71 Å². The zero-order valence-electron chi connectivity index (χ0n) is 10.0. The van der Waals surface area contributed by atoms with Crippen LogP contribution in [-0.2, 0) is 0 Å². The van der Waals surface area contributed by atoms with Crippen LogP contribution < -0.4 is 5.32 Å². The van der Waals surface area contributed by atoms with E-state index in [1.165, 1.54) is 0 Å². The molecule has 0 saturated carbocycles. The summed E-state index contributed by atoms with van der Waals surface area (Å²) in [6, 6.07) is 9.77. The minimum atomic E-state index is 0.547. The van der Waals surface area contributed by atoms with Crippen molar-refractivity contribution in [2.75, 3.05) is 7.05 Å². The zero-order valence-corrected chi connectivity index (χ0v) is 10.0. The van der Waals surface area contributed by atoms with Crippen LogP contribution in [0.5, 0.6) is 0 Å². The van der Waals surface area contributed by atoms with Gasteiger partial charge in [-0.1, -0.05) is 42.5 Å². The standard InChI is InChI=1S/C14H18N2/c1-4-12(13(5-2)16-3)14(15)11-9-7-6-8-10-11/h4-10,15-16H,1-3H3/b12-4+,13-5+,15-14?. The fourth-order valence-corrected chi connectivity index (χ4v) is 1.63. The van der Waals surface area contributed by atoms with Gasteiger partial charge in [0.25, 0.3) is 0 Å². The molecule has 0 heterocycles. The number of benzene rings is 1. The molecule has 0 spiro atoms. The lowest BCUT2D eigenvalue weighted by atomic mass is 9.99. The number of rotatable bonds is 4. The van der Waals surface area contributed by atoms with Crippen LogP contribution >= 0.6 is 0 Å². The molecule has 0 radical (unpaired) electrons. The fraction of sp³-hybridized carbons (Fsp3) is 0.214. The molecule has 0 amide bonds. The SMILES string of the molecule is C/C=C(NC)\C(=C/C)C(=N)c1ccccc1. The molecule has 0 aliphatic heterocycles. The van der Waals surface area contributed by atoms with Crippen molar-refractivity contribution in [2.24, 2.45) is 0 Å². The molecule has 0 aliphatic rings. The summed E-state index contributed by atoms with van der Waals surface area (Å²) < 4.78 is 0. The highest BCUT2D eigenvalue weighted by molar-refractivity contribution is 6.13. The Bertz CT molecular complexity index is 414. The first-order valence-electron chi connectivity index (χ1n) is 5.39. The average Bonchev–Trinajstić information content (AvgIpc) is 2.36. The van der Waals surface area contributed by atoms with Gasteiger partial charge in [0.2, 0.25) is 0 Å². The lowest BCUT2D eigenvalue weighted by Gasteiger charge is -2.12. The Morgan fingerprint density at radius 2 is 1.75 bits per heavy atom. The number of allylic oxidation sites excluding steroid dienone is 3. The van der Waals surface area contributed by atoms with E-state index in [1.54, 1.807) is 0 Å². The van der Waals surface area contributed by atoms with E-state index >= 15 is 0 Å². The molecule has 1 aromatic rings. The number of hydrogen-bond donors (Lipinski definition) is 2. The van der Waals surface area contributed by atoms with E-state index in [4.69, 9.17) is 5.41 Å². The average molecular weight is 214 g/mol. The third-order valence-corrected chi connectivity index (χ3v) is 2.47. The summed E-state index contributed by atoms with van der Waals surface area (Å²) >= 11 is 0. The van der Waals surface area contributed by atoms with Crippen molar-refractivity contribution in [3.8, 4) is 0 Å². The second-order valence-corrected chi connectivity index (χ2v) is 3.40. The third kappa shape index (κ3) is 2.60. The number of hydrogen-bond acceptors (Lipinski definition) is 2. The van der Waals surface area contributed by atoms with Gasteiger partial charge in [0, 0.05) is 23.9 Å². The third-order valence-electron chi connectivity index (χ3n) is 2.47. The minimum Gasteiger partial charge on any atom is -0.388 e. The van der Waals surface area contributed by atoms with Crippen LogP contribution in [0.4, 0.5) is 0 Å². The Morgan fingerprint density at radius 1 is 1.12 bits per heavy atom. The Morgan fingerprint density at radius 3 is 2.19 bits per heavy atom. The highest BCUT2D eigenvalue weighted by atomic mass is 14.8. The van der Waals surface area contributed by atoms with Crippen molar-refractivity contribution in [3.05, 3.63) is 59.3 Å². The molecule has 0 saturated heterocycles. The quantitative estimate of drug-likeness (QED) is 0.586. The van der Waals surface area contributed by atoms with Crippen LogP contribution in [0.25, 0.3) is 0 Å². The summed E-state index contributed by atoms with van der Waals surface area (Å²) in [5.74, 6) is 0. The van der Waals surface area contributed by atoms with E-state index in [1.807, 2.05) is 63.4 Å². The zero-order chi connectivity index (χ0) is 12.0. The molecule has 0 aliphatic carbocycles. The van der Waals surface area contributed by atoms with Crippen LogP contribution in [0.1, 0.15) is 19.4 Å². The van der Waals surface area contributed by atoms with Gasteiger partial charge in [-0.3, -0.25) is 5.41 Å². The van der Waals surface area contributed by atoms with Crippen molar-refractivity contribution < 1.29 is 0 Å². The molecule has 2 N–H and O–H groups in total. The minimum absolute atomic E-state index is 0.547.